The Morgan fingerprint density at radius 3 is 2.75 bits per heavy atom. The van der Waals surface area contributed by atoms with Crippen molar-refractivity contribution in [3.05, 3.63) is 0 Å². The molecule has 0 radical (unpaired) electrons. The highest BCUT2D eigenvalue weighted by atomic mass is 16.5. The molecular formula is C11H18O5. The zero-order valence-corrected chi connectivity index (χ0v) is 9.48. The molecule has 2 atom stereocenters. The van der Waals surface area contributed by atoms with Crippen LogP contribution in [0.5, 0.6) is 0 Å². The molecule has 1 aliphatic rings. The Morgan fingerprint density at radius 2 is 2.12 bits per heavy atom. The summed E-state index contributed by atoms with van der Waals surface area (Å²) in [4.78, 5) is 22.0. The van der Waals surface area contributed by atoms with Crippen molar-refractivity contribution in [2.75, 3.05) is 19.8 Å². The van der Waals surface area contributed by atoms with E-state index in [0.29, 0.717) is 26.2 Å². The van der Waals surface area contributed by atoms with Crippen LogP contribution in [0.1, 0.15) is 26.2 Å². The monoisotopic (exact) mass is 230 g/mol. The lowest BCUT2D eigenvalue weighted by Gasteiger charge is -2.29. The molecule has 5 nitrogen and oxygen atoms in total. The fraction of sp³-hybridized carbons (Fsp3) is 0.818. The topological polar surface area (TPSA) is 72.8 Å². The van der Waals surface area contributed by atoms with Gasteiger partial charge in [-0.1, -0.05) is 0 Å². The number of aliphatic carboxylic acids is 1. The van der Waals surface area contributed by atoms with Gasteiger partial charge >= 0.3 is 11.9 Å². The molecule has 0 amide bonds. The minimum atomic E-state index is -0.819. The van der Waals surface area contributed by atoms with Crippen LogP contribution in [0, 0.1) is 11.8 Å². The van der Waals surface area contributed by atoms with Crippen molar-refractivity contribution in [3.8, 4) is 0 Å². The van der Waals surface area contributed by atoms with Crippen LogP contribution < -0.4 is 0 Å². The van der Waals surface area contributed by atoms with E-state index in [4.69, 9.17) is 14.6 Å². The molecule has 1 rings (SSSR count). The summed E-state index contributed by atoms with van der Waals surface area (Å²) >= 11 is 0. The fourth-order valence-corrected chi connectivity index (χ4v) is 1.99. The van der Waals surface area contributed by atoms with Crippen LogP contribution in [0.25, 0.3) is 0 Å². The van der Waals surface area contributed by atoms with E-state index < -0.39 is 5.97 Å². The molecule has 0 saturated carbocycles. The van der Waals surface area contributed by atoms with Gasteiger partial charge in [-0.05, 0) is 25.2 Å². The number of hydrogen-bond acceptors (Lipinski definition) is 4. The molecule has 0 aliphatic carbocycles. The average Bonchev–Trinajstić information content (AvgIpc) is 2.20. The molecule has 0 aromatic carbocycles. The quantitative estimate of drug-likeness (QED) is 0.715. The highest BCUT2D eigenvalue weighted by Gasteiger charge is 2.29. The predicted molar refractivity (Wildman–Crippen MR) is 55.9 cm³/mol. The van der Waals surface area contributed by atoms with Crippen molar-refractivity contribution in [1.29, 1.82) is 0 Å². The number of hydrogen-bond donors (Lipinski definition) is 1. The maximum atomic E-state index is 11.3. The second kappa shape index (κ2) is 6.48. The molecule has 16 heavy (non-hydrogen) atoms. The fourth-order valence-electron chi connectivity index (χ4n) is 1.99. The van der Waals surface area contributed by atoms with Crippen LogP contribution >= 0.6 is 0 Å². The summed E-state index contributed by atoms with van der Waals surface area (Å²) in [7, 11) is 0. The van der Waals surface area contributed by atoms with E-state index >= 15 is 0 Å². The Bertz CT molecular complexity index is 251. The molecule has 0 bridgehead atoms. The number of carboxylic acid groups (broad SMARTS) is 1. The van der Waals surface area contributed by atoms with E-state index in [-0.39, 0.29) is 30.6 Å². The lowest BCUT2D eigenvalue weighted by atomic mass is 9.84. The van der Waals surface area contributed by atoms with Gasteiger partial charge in [0.25, 0.3) is 0 Å². The molecule has 5 heteroatoms. The molecular weight excluding hydrogens is 212 g/mol. The van der Waals surface area contributed by atoms with Gasteiger partial charge < -0.3 is 14.6 Å². The van der Waals surface area contributed by atoms with E-state index in [2.05, 4.69) is 0 Å². The van der Waals surface area contributed by atoms with Gasteiger partial charge in [-0.15, -0.1) is 0 Å². The maximum absolute atomic E-state index is 11.3. The Balaban J connectivity index is 2.46. The first-order valence-corrected chi connectivity index (χ1v) is 5.58. The zero-order valence-electron chi connectivity index (χ0n) is 9.48. The van der Waals surface area contributed by atoms with Crippen LogP contribution in [-0.2, 0) is 19.1 Å². The highest BCUT2D eigenvalue weighted by Crippen LogP contribution is 2.27. The molecule has 0 spiro atoms. The molecule has 0 aromatic heterocycles. The van der Waals surface area contributed by atoms with Gasteiger partial charge in [0.1, 0.15) is 0 Å². The second-order valence-electron chi connectivity index (χ2n) is 3.99. The van der Waals surface area contributed by atoms with E-state index in [0.717, 1.165) is 0 Å². The molecule has 0 aromatic rings. The van der Waals surface area contributed by atoms with Gasteiger partial charge in [-0.25, -0.2) is 0 Å². The number of carbonyl (C=O) groups excluding carboxylic acids is 1. The average molecular weight is 230 g/mol. The first-order chi connectivity index (χ1) is 7.63. The smallest absolute Gasteiger partial charge is 0.306 e. The number of carboxylic acids is 1. The van der Waals surface area contributed by atoms with Gasteiger partial charge in [-0.2, -0.15) is 0 Å². The summed E-state index contributed by atoms with van der Waals surface area (Å²) in [6.07, 6.45) is 1.07. The molecule has 92 valence electrons. The third kappa shape index (κ3) is 4.18. The van der Waals surface area contributed by atoms with Crippen molar-refractivity contribution in [1.82, 2.24) is 0 Å². The molecule has 1 saturated heterocycles. The molecule has 1 aliphatic heterocycles. The SMILES string of the molecule is CCOC(=O)CC1COCCC1CC(=O)O. The Hall–Kier alpha value is -1.10. The van der Waals surface area contributed by atoms with Crippen LogP contribution in [0.4, 0.5) is 0 Å². The zero-order chi connectivity index (χ0) is 12.0. The largest absolute Gasteiger partial charge is 0.481 e. The summed E-state index contributed by atoms with van der Waals surface area (Å²) in [5.41, 5.74) is 0. The summed E-state index contributed by atoms with van der Waals surface area (Å²) < 4.78 is 10.1. The van der Waals surface area contributed by atoms with Gasteiger partial charge in [-0.3, -0.25) is 9.59 Å². The van der Waals surface area contributed by atoms with Crippen molar-refractivity contribution in [3.63, 3.8) is 0 Å². The van der Waals surface area contributed by atoms with Crippen LogP contribution in [0.15, 0.2) is 0 Å². The second-order valence-corrected chi connectivity index (χ2v) is 3.99. The lowest BCUT2D eigenvalue weighted by molar-refractivity contribution is -0.148. The van der Waals surface area contributed by atoms with Crippen LogP contribution in [0.2, 0.25) is 0 Å². The van der Waals surface area contributed by atoms with Gasteiger partial charge in [0, 0.05) is 13.0 Å². The Kier molecular flexibility index (Phi) is 5.25. The van der Waals surface area contributed by atoms with E-state index in [9.17, 15) is 9.59 Å². The third-order valence-corrected chi connectivity index (χ3v) is 2.80. The standard InChI is InChI=1S/C11H18O5/c1-2-16-11(14)6-9-7-15-4-3-8(9)5-10(12)13/h8-9H,2-7H2,1H3,(H,12,13). The number of carbonyl (C=O) groups is 2. The molecule has 1 fully saturated rings. The predicted octanol–water partition coefficient (Wildman–Crippen LogP) is 1.07. The maximum Gasteiger partial charge on any atom is 0.306 e. The summed E-state index contributed by atoms with van der Waals surface area (Å²) in [5.74, 6) is -1.09. The number of esters is 1. The molecule has 2 unspecified atom stereocenters. The van der Waals surface area contributed by atoms with E-state index in [1.54, 1.807) is 6.92 Å². The van der Waals surface area contributed by atoms with Gasteiger partial charge in [0.15, 0.2) is 0 Å². The number of ether oxygens (including phenoxy) is 2. The van der Waals surface area contributed by atoms with E-state index in [1.165, 1.54) is 0 Å². The van der Waals surface area contributed by atoms with Gasteiger partial charge in [0.05, 0.1) is 19.6 Å². The van der Waals surface area contributed by atoms with Crippen molar-refractivity contribution < 1.29 is 24.2 Å². The van der Waals surface area contributed by atoms with Crippen LogP contribution in [0.3, 0.4) is 0 Å². The lowest BCUT2D eigenvalue weighted by Crippen LogP contribution is -2.31. The minimum Gasteiger partial charge on any atom is -0.481 e. The summed E-state index contributed by atoms with van der Waals surface area (Å²) in [6, 6.07) is 0. The highest BCUT2D eigenvalue weighted by molar-refractivity contribution is 5.70. The molecule has 1 N–H and O–H groups in total. The summed E-state index contributed by atoms with van der Waals surface area (Å²) in [5, 5.41) is 8.76. The normalized spacial score (nSPS) is 25.1. The molecule has 1 heterocycles. The van der Waals surface area contributed by atoms with Gasteiger partial charge in [0.2, 0.25) is 0 Å². The first kappa shape index (κ1) is 13.0. The Labute approximate surface area is 94.7 Å². The first-order valence-electron chi connectivity index (χ1n) is 5.58. The minimum absolute atomic E-state index is 0.0238. The Morgan fingerprint density at radius 1 is 1.38 bits per heavy atom. The van der Waals surface area contributed by atoms with E-state index in [1.807, 2.05) is 0 Å². The van der Waals surface area contributed by atoms with Crippen molar-refractivity contribution in [2.24, 2.45) is 11.8 Å². The summed E-state index contributed by atoms with van der Waals surface area (Å²) in [6.45, 7) is 3.15. The van der Waals surface area contributed by atoms with Crippen molar-refractivity contribution >= 4 is 11.9 Å². The van der Waals surface area contributed by atoms with Crippen molar-refractivity contribution in [2.45, 2.75) is 26.2 Å². The number of rotatable bonds is 5. The van der Waals surface area contributed by atoms with Crippen LogP contribution in [-0.4, -0.2) is 36.9 Å². The third-order valence-electron chi connectivity index (χ3n) is 2.80.